The maximum absolute atomic E-state index is 13.2. The number of rotatable bonds is 2. The SMILES string of the molecule is CCNC(=O)N1CCC2(CC1)SCC(=O)N2c1ccc(F)cc1. The van der Waals surface area contributed by atoms with E-state index in [0.717, 1.165) is 18.5 Å². The van der Waals surface area contributed by atoms with Gasteiger partial charge in [0.25, 0.3) is 0 Å². The van der Waals surface area contributed by atoms with Gasteiger partial charge in [-0.05, 0) is 44.0 Å². The Hall–Kier alpha value is -1.76. The third kappa shape index (κ3) is 3.02. The first-order chi connectivity index (χ1) is 11.1. The number of nitrogens with one attached hydrogen (secondary N) is 1. The molecular weight excluding hydrogens is 317 g/mol. The van der Waals surface area contributed by atoms with E-state index >= 15 is 0 Å². The minimum Gasteiger partial charge on any atom is -0.338 e. The molecule has 3 rings (SSSR count). The van der Waals surface area contributed by atoms with E-state index in [-0.39, 0.29) is 22.6 Å². The molecule has 3 amide bonds. The van der Waals surface area contributed by atoms with Crippen molar-refractivity contribution in [3.63, 3.8) is 0 Å². The van der Waals surface area contributed by atoms with E-state index in [4.69, 9.17) is 0 Å². The lowest BCUT2D eigenvalue weighted by molar-refractivity contribution is -0.116. The van der Waals surface area contributed by atoms with Gasteiger partial charge >= 0.3 is 6.03 Å². The van der Waals surface area contributed by atoms with Crippen LogP contribution in [0.4, 0.5) is 14.9 Å². The second kappa shape index (κ2) is 6.39. The second-order valence-corrected chi connectivity index (χ2v) is 7.10. The van der Waals surface area contributed by atoms with Crippen molar-refractivity contribution in [2.24, 2.45) is 0 Å². The lowest BCUT2D eigenvalue weighted by Crippen LogP contribution is -2.54. The first-order valence-electron chi connectivity index (χ1n) is 7.81. The van der Waals surface area contributed by atoms with Crippen LogP contribution in [-0.4, -0.2) is 47.1 Å². The number of urea groups is 1. The molecule has 0 atom stereocenters. The number of benzene rings is 1. The Labute approximate surface area is 139 Å². The highest BCUT2D eigenvalue weighted by Crippen LogP contribution is 2.46. The molecule has 5 nitrogen and oxygen atoms in total. The Morgan fingerprint density at radius 3 is 2.57 bits per heavy atom. The van der Waals surface area contributed by atoms with Crippen LogP contribution in [0.3, 0.4) is 0 Å². The highest BCUT2D eigenvalue weighted by Gasteiger charge is 2.49. The normalized spacial score (nSPS) is 20.2. The lowest BCUT2D eigenvalue weighted by Gasteiger charge is -2.43. The Kier molecular flexibility index (Phi) is 4.48. The number of piperidine rings is 1. The van der Waals surface area contributed by atoms with Crippen molar-refractivity contribution >= 4 is 29.4 Å². The maximum Gasteiger partial charge on any atom is 0.317 e. The van der Waals surface area contributed by atoms with Crippen molar-refractivity contribution < 1.29 is 14.0 Å². The molecule has 2 saturated heterocycles. The number of hydrogen-bond donors (Lipinski definition) is 1. The van der Waals surface area contributed by atoms with Crippen LogP contribution >= 0.6 is 11.8 Å². The van der Waals surface area contributed by atoms with Gasteiger partial charge in [0.15, 0.2) is 0 Å². The van der Waals surface area contributed by atoms with Crippen LogP contribution in [0.5, 0.6) is 0 Å². The van der Waals surface area contributed by atoms with E-state index in [9.17, 15) is 14.0 Å². The maximum atomic E-state index is 13.2. The smallest absolute Gasteiger partial charge is 0.317 e. The molecule has 124 valence electrons. The highest BCUT2D eigenvalue weighted by molar-refractivity contribution is 8.02. The summed E-state index contributed by atoms with van der Waals surface area (Å²) in [6.45, 7) is 3.73. The zero-order valence-corrected chi connectivity index (χ0v) is 13.9. The number of hydrogen-bond acceptors (Lipinski definition) is 3. The van der Waals surface area contributed by atoms with Gasteiger partial charge in [-0.15, -0.1) is 11.8 Å². The van der Waals surface area contributed by atoms with Crippen molar-refractivity contribution in [2.45, 2.75) is 24.6 Å². The molecule has 0 unspecified atom stereocenters. The third-order valence-electron chi connectivity index (χ3n) is 4.37. The average Bonchev–Trinajstić information content (AvgIpc) is 2.86. The van der Waals surface area contributed by atoms with Crippen molar-refractivity contribution in [3.8, 4) is 0 Å². The molecule has 2 aliphatic rings. The minimum absolute atomic E-state index is 0.0491. The molecule has 1 aromatic carbocycles. The van der Waals surface area contributed by atoms with Crippen LogP contribution in [-0.2, 0) is 4.79 Å². The number of carbonyl (C=O) groups is 2. The van der Waals surface area contributed by atoms with Crippen LogP contribution in [0.25, 0.3) is 0 Å². The van der Waals surface area contributed by atoms with E-state index in [0.29, 0.717) is 25.4 Å². The summed E-state index contributed by atoms with van der Waals surface area (Å²) >= 11 is 1.63. The molecule has 1 aromatic rings. The fourth-order valence-electron chi connectivity index (χ4n) is 3.21. The van der Waals surface area contributed by atoms with Crippen molar-refractivity contribution in [3.05, 3.63) is 30.1 Å². The van der Waals surface area contributed by atoms with E-state index in [1.807, 2.05) is 6.92 Å². The van der Waals surface area contributed by atoms with Crippen molar-refractivity contribution in [1.29, 1.82) is 0 Å². The monoisotopic (exact) mass is 337 g/mol. The van der Waals surface area contributed by atoms with Gasteiger partial charge in [-0.3, -0.25) is 9.69 Å². The molecule has 0 aromatic heterocycles. The van der Waals surface area contributed by atoms with Gasteiger partial charge in [0.1, 0.15) is 5.82 Å². The molecule has 0 bridgehead atoms. The zero-order chi connectivity index (χ0) is 16.4. The molecule has 7 heteroatoms. The van der Waals surface area contributed by atoms with E-state index < -0.39 is 0 Å². The summed E-state index contributed by atoms with van der Waals surface area (Å²) in [6.07, 6.45) is 1.44. The van der Waals surface area contributed by atoms with Gasteiger partial charge in [-0.2, -0.15) is 0 Å². The van der Waals surface area contributed by atoms with Gasteiger partial charge in [0.05, 0.1) is 10.6 Å². The zero-order valence-electron chi connectivity index (χ0n) is 13.0. The third-order valence-corrected chi connectivity index (χ3v) is 5.89. The summed E-state index contributed by atoms with van der Waals surface area (Å²) in [5.74, 6) is 0.166. The van der Waals surface area contributed by atoms with Gasteiger partial charge in [-0.1, -0.05) is 0 Å². The summed E-state index contributed by atoms with van der Waals surface area (Å²) < 4.78 is 13.2. The fraction of sp³-hybridized carbons (Fsp3) is 0.500. The van der Waals surface area contributed by atoms with Crippen LogP contribution in [0.2, 0.25) is 0 Å². The van der Waals surface area contributed by atoms with E-state index in [2.05, 4.69) is 5.32 Å². The van der Waals surface area contributed by atoms with Crippen LogP contribution < -0.4 is 10.2 Å². The number of likely N-dealkylation sites (tertiary alicyclic amines) is 1. The second-order valence-electron chi connectivity index (χ2n) is 5.76. The predicted octanol–water partition coefficient (Wildman–Crippen LogP) is 2.43. The van der Waals surface area contributed by atoms with Crippen LogP contribution in [0.1, 0.15) is 19.8 Å². The van der Waals surface area contributed by atoms with Crippen LogP contribution in [0, 0.1) is 5.82 Å². The molecule has 1 spiro atoms. The molecule has 2 fully saturated rings. The number of amides is 3. The number of nitrogens with zero attached hydrogens (tertiary/aromatic N) is 2. The van der Waals surface area contributed by atoms with Crippen molar-refractivity contribution in [1.82, 2.24) is 10.2 Å². The van der Waals surface area contributed by atoms with Crippen molar-refractivity contribution in [2.75, 3.05) is 30.3 Å². The summed E-state index contributed by atoms with van der Waals surface area (Å²) in [5, 5.41) is 2.81. The molecule has 0 aliphatic carbocycles. The largest absolute Gasteiger partial charge is 0.338 e. The van der Waals surface area contributed by atoms with E-state index in [1.165, 1.54) is 12.1 Å². The van der Waals surface area contributed by atoms with Gasteiger partial charge < -0.3 is 10.2 Å². The summed E-state index contributed by atoms with van der Waals surface area (Å²) in [4.78, 5) is 27.6. The Morgan fingerprint density at radius 2 is 1.96 bits per heavy atom. The predicted molar refractivity (Wildman–Crippen MR) is 89.0 cm³/mol. The first-order valence-corrected chi connectivity index (χ1v) is 8.80. The van der Waals surface area contributed by atoms with E-state index in [1.54, 1.807) is 33.7 Å². The molecular formula is C16H20FN3O2S. The number of thioether (sulfide) groups is 1. The molecule has 0 saturated carbocycles. The first kappa shape index (κ1) is 16.1. The van der Waals surface area contributed by atoms with Gasteiger partial charge in [0, 0.05) is 25.3 Å². The topological polar surface area (TPSA) is 52.7 Å². The molecule has 1 N–H and O–H groups in total. The number of halogens is 1. The molecule has 0 radical (unpaired) electrons. The molecule has 2 heterocycles. The van der Waals surface area contributed by atoms with Gasteiger partial charge in [-0.25, -0.2) is 9.18 Å². The standard InChI is InChI=1S/C16H20FN3O2S/c1-2-18-15(22)19-9-7-16(8-10-19)20(14(21)11-23-16)13-5-3-12(17)4-6-13/h3-6H,2,7-11H2,1H3,(H,18,22). The molecule has 23 heavy (non-hydrogen) atoms. The highest BCUT2D eigenvalue weighted by atomic mass is 32.2. The molecule has 2 aliphatic heterocycles. The average molecular weight is 337 g/mol. The fourth-order valence-corrected chi connectivity index (χ4v) is 4.54. The Morgan fingerprint density at radius 1 is 1.30 bits per heavy atom. The summed E-state index contributed by atoms with van der Waals surface area (Å²) in [7, 11) is 0. The van der Waals surface area contributed by atoms with Crippen LogP contribution in [0.15, 0.2) is 24.3 Å². The number of anilines is 1. The summed E-state index contributed by atoms with van der Waals surface area (Å²) in [5.41, 5.74) is 0.729. The Balaban J connectivity index is 1.77. The lowest BCUT2D eigenvalue weighted by atomic mass is 10.0. The summed E-state index contributed by atoms with van der Waals surface area (Å²) in [6, 6.07) is 6.00. The van der Waals surface area contributed by atoms with Gasteiger partial charge in [0.2, 0.25) is 5.91 Å². The quantitative estimate of drug-likeness (QED) is 0.902. The number of carbonyl (C=O) groups excluding carboxylic acids is 2. The Bertz CT molecular complexity index is 600. The minimum atomic E-state index is -0.322.